The molecule has 0 bridgehead atoms. The monoisotopic (exact) mass is 445 g/mol. The predicted molar refractivity (Wildman–Crippen MR) is 139 cm³/mol. The van der Waals surface area contributed by atoms with Crippen LogP contribution in [0.3, 0.4) is 0 Å². The summed E-state index contributed by atoms with van der Waals surface area (Å²) in [4.78, 5) is 12.6. The summed E-state index contributed by atoms with van der Waals surface area (Å²) in [6, 6.07) is 22.5. The zero-order valence-electron chi connectivity index (χ0n) is 20.5. The summed E-state index contributed by atoms with van der Waals surface area (Å²) in [7, 11) is 1.66. The van der Waals surface area contributed by atoms with Crippen molar-refractivity contribution < 1.29 is 9.53 Å². The highest BCUT2D eigenvalue weighted by Gasteiger charge is 2.10. The van der Waals surface area contributed by atoms with Crippen molar-refractivity contribution in [1.82, 2.24) is 5.32 Å². The van der Waals surface area contributed by atoms with Gasteiger partial charge in [0.05, 0.1) is 7.11 Å². The molecule has 0 heterocycles. The lowest BCUT2D eigenvalue weighted by Gasteiger charge is -2.15. The van der Waals surface area contributed by atoms with Crippen LogP contribution in [0.5, 0.6) is 5.75 Å². The van der Waals surface area contributed by atoms with Crippen LogP contribution in [0.2, 0.25) is 0 Å². The summed E-state index contributed by atoms with van der Waals surface area (Å²) in [5.41, 5.74) is 2.16. The summed E-state index contributed by atoms with van der Waals surface area (Å²) in [5.74, 6) is 2.10. The third-order valence-corrected chi connectivity index (χ3v) is 6.57. The van der Waals surface area contributed by atoms with Crippen molar-refractivity contribution in [2.45, 2.75) is 58.8 Å². The average molecular weight is 446 g/mol. The minimum atomic E-state index is 0.00588. The molecular formula is C30H39NO2. The molecule has 0 unspecified atom stereocenters. The fourth-order valence-electron chi connectivity index (χ4n) is 4.39. The molecule has 0 saturated heterocycles. The number of hydrogen-bond acceptors (Lipinski definition) is 2. The first-order valence-electron chi connectivity index (χ1n) is 12.4. The van der Waals surface area contributed by atoms with Crippen molar-refractivity contribution in [3.8, 4) is 5.75 Å². The smallest absolute Gasteiger partial charge is 0.251 e. The standard InChI is InChI=1S/C30H39NO2/c1-23(10-7-8-15-25-13-5-4-6-14-25)11-9-12-24(2)22-31-30(32)28-17-16-27-21-29(33-3)19-18-26(27)20-28/h4-6,13-14,16-21,23-24H,7-12,15,22H2,1-3H3,(H,31,32)/t23-,24+/m1/s1. The number of fused-ring (bicyclic) bond motifs is 1. The lowest BCUT2D eigenvalue weighted by atomic mass is 9.94. The molecule has 0 spiro atoms. The van der Waals surface area contributed by atoms with Crippen molar-refractivity contribution in [3.63, 3.8) is 0 Å². The van der Waals surface area contributed by atoms with Gasteiger partial charge in [0.1, 0.15) is 5.75 Å². The van der Waals surface area contributed by atoms with Crippen LogP contribution in [0.15, 0.2) is 66.7 Å². The number of nitrogens with one attached hydrogen (secondary N) is 1. The molecule has 0 aliphatic rings. The third kappa shape index (κ3) is 8.24. The first-order chi connectivity index (χ1) is 16.0. The van der Waals surface area contributed by atoms with Gasteiger partial charge in [0.2, 0.25) is 0 Å². The summed E-state index contributed by atoms with van der Waals surface area (Å²) < 4.78 is 5.27. The number of methoxy groups -OCH3 is 1. The van der Waals surface area contributed by atoms with Crippen molar-refractivity contribution in [2.24, 2.45) is 11.8 Å². The molecule has 33 heavy (non-hydrogen) atoms. The molecule has 0 fully saturated rings. The highest BCUT2D eigenvalue weighted by molar-refractivity contribution is 5.98. The van der Waals surface area contributed by atoms with Crippen molar-refractivity contribution >= 4 is 16.7 Å². The number of carbonyl (C=O) groups excluding carboxylic acids is 1. The zero-order valence-corrected chi connectivity index (χ0v) is 20.5. The van der Waals surface area contributed by atoms with Gasteiger partial charge in [0.25, 0.3) is 5.91 Å². The lowest BCUT2D eigenvalue weighted by Crippen LogP contribution is -2.28. The second-order valence-electron chi connectivity index (χ2n) is 9.51. The molecule has 1 amide bonds. The summed E-state index contributed by atoms with van der Waals surface area (Å²) >= 11 is 0. The molecule has 0 aliphatic carbocycles. The number of amides is 1. The Morgan fingerprint density at radius 2 is 1.52 bits per heavy atom. The number of hydrogen-bond donors (Lipinski definition) is 1. The Labute approximate surface area is 199 Å². The number of aryl methyl sites for hydroxylation is 1. The fourth-order valence-corrected chi connectivity index (χ4v) is 4.39. The third-order valence-electron chi connectivity index (χ3n) is 6.57. The molecule has 3 nitrogen and oxygen atoms in total. The van der Waals surface area contributed by atoms with Crippen molar-refractivity contribution in [3.05, 3.63) is 77.9 Å². The van der Waals surface area contributed by atoms with E-state index in [0.29, 0.717) is 11.5 Å². The zero-order chi connectivity index (χ0) is 23.5. The van der Waals surface area contributed by atoms with Gasteiger partial charge in [0.15, 0.2) is 0 Å². The molecule has 2 atom stereocenters. The predicted octanol–water partition coefficient (Wildman–Crippen LogP) is 7.43. The van der Waals surface area contributed by atoms with E-state index in [2.05, 4.69) is 49.5 Å². The quantitative estimate of drug-likeness (QED) is 0.278. The van der Waals surface area contributed by atoms with Crippen LogP contribution in [-0.4, -0.2) is 19.6 Å². The Hall–Kier alpha value is -2.81. The number of benzene rings is 3. The van der Waals surface area contributed by atoms with E-state index in [0.717, 1.165) is 35.4 Å². The van der Waals surface area contributed by atoms with Crippen molar-refractivity contribution in [2.75, 3.05) is 13.7 Å². The van der Waals surface area contributed by atoms with E-state index < -0.39 is 0 Å². The normalized spacial score (nSPS) is 12.9. The van der Waals surface area contributed by atoms with Crippen LogP contribution in [-0.2, 0) is 6.42 Å². The molecule has 3 aromatic carbocycles. The largest absolute Gasteiger partial charge is 0.497 e. The maximum absolute atomic E-state index is 12.6. The van der Waals surface area contributed by atoms with E-state index in [1.807, 2.05) is 36.4 Å². The van der Waals surface area contributed by atoms with Gasteiger partial charge < -0.3 is 10.1 Å². The molecule has 3 heteroatoms. The minimum Gasteiger partial charge on any atom is -0.497 e. The SMILES string of the molecule is COc1ccc2cc(C(=O)NC[C@@H](C)CCC[C@H](C)CCCCc3ccccc3)ccc2c1. The molecule has 176 valence electrons. The molecule has 0 aromatic heterocycles. The second-order valence-corrected chi connectivity index (χ2v) is 9.51. The highest BCUT2D eigenvalue weighted by atomic mass is 16.5. The molecule has 3 rings (SSSR count). The first-order valence-corrected chi connectivity index (χ1v) is 12.4. The van der Waals surface area contributed by atoms with E-state index in [1.165, 1.54) is 44.1 Å². The molecular weight excluding hydrogens is 406 g/mol. The van der Waals surface area contributed by atoms with Crippen LogP contribution in [0.4, 0.5) is 0 Å². The van der Waals surface area contributed by atoms with E-state index in [-0.39, 0.29) is 5.91 Å². The number of unbranched alkanes of at least 4 members (excludes halogenated alkanes) is 1. The van der Waals surface area contributed by atoms with Crippen molar-refractivity contribution in [1.29, 1.82) is 0 Å². The summed E-state index contributed by atoms with van der Waals surface area (Å²) in [6.45, 7) is 5.34. The van der Waals surface area contributed by atoms with Gasteiger partial charge in [-0.25, -0.2) is 0 Å². The maximum Gasteiger partial charge on any atom is 0.251 e. The Morgan fingerprint density at radius 3 is 2.30 bits per heavy atom. The van der Waals surface area contributed by atoms with Gasteiger partial charge in [-0.3, -0.25) is 4.79 Å². The highest BCUT2D eigenvalue weighted by Crippen LogP contribution is 2.22. The Kier molecular flexibility index (Phi) is 9.80. The van der Waals surface area contributed by atoms with E-state index in [1.54, 1.807) is 7.11 Å². The van der Waals surface area contributed by atoms with Gasteiger partial charge in [0, 0.05) is 12.1 Å². The van der Waals surface area contributed by atoms with Crippen LogP contribution < -0.4 is 10.1 Å². The van der Waals surface area contributed by atoms with Crippen LogP contribution >= 0.6 is 0 Å². The Morgan fingerprint density at radius 1 is 0.818 bits per heavy atom. The molecule has 0 saturated carbocycles. The molecule has 3 aromatic rings. The summed E-state index contributed by atoms with van der Waals surface area (Å²) in [6.07, 6.45) is 8.75. The van der Waals surface area contributed by atoms with Crippen LogP contribution in [0.25, 0.3) is 10.8 Å². The van der Waals surface area contributed by atoms with Gasteiger partial charge in [-0.05, 0) is 71.7 Å². The molecule has 0 radical (unpaired) electrons. The number of rotatable bonds is 13. The topological polar surface area (TPSA) is 38.3 Å². The van der Waals surface area contributed by atoms with Crippen LogP contribution in [0, 0.1) is 11.8 Å². The van der Waals surface area contributed by atoms with Gasteiger partial charge in [-0.15, -0.1) is 0 Å². The van der Waals surface area contributed by atoms with E-state index in [4.69, 9.17) is 4.74 Å². The second kappa shape index (κ2) is 13.0. The Bertz CT molecular complexity index is 999. The van der Waals surface area contributed by atoms with Crippen LogP contribution in [0.1, 0.15) is 68.3 Å². The summed E-state index contributed by atoms with van der Waals surface area (Å²) in [5, 5.41) is 5.25. The van der Waals surface area contributed by atoms with Gasteiger partial charge in [-0.1, -0.05) is 82.0 Å². The average Bonchev–Trinajstić information content (AvgIpc) is 2.85. The number of ether oxygens (including phenoxy) is 1. The molecule has 0 aliphatic heterocycles. The van der Waals surface area contributed by atoms with Gasteiger partial charge in [-0.2, -0.15) is 0 Å². The number of carbonyl (C=O) groups is 1. The van der Waals surface area contributed by atoms with Gasteiger partial charge >= 0.3 is 0 Å². The minimum absolute atomic E-state index is 0.00588. The maximum atomic E-state index is 12.6. The Balaban J connectivity index is 1.30. The first kappa shape index (κ1) is 24.8. The van der Waals surface area contributed by atoms with E-state index >= 15 is 0 Å². The lowest BCUT2D eigenvalue weighted by molar-refractivity contribution is 0.0947. The fraction of sp³-hybridized carbons (Fsp3) is 0.433. The van der Waals surface area contributed by atoms with E-state index in [9.17, 15) is 4.79 Å². The molecule has 1 N–H and O–H groups in total.